The van der Waals surface area contributed by atoms with Gasteiger partial charge in [-0.3, -0.25) is 4.90 Å². The Morgan fingerprint density at radius 3 is 2.41 bits per heavy atom. The fourth-order valence-corrected chi connectivity index (χ4v) is 2.38. The van der Waals surface area contributed by atoms with Crippen LogP contribution in [-0.4, -0.2) is 41.8 Å². The van der Waals surface area contributed by atoms with E-state index in [-0.39, 0.29) is 12.0 Å². The molecule has 1 amide bonds. The minimum atomic E-state index is -0.537. The van der Waals surface area contributed by atoms with Crippen molar-refractivity contribution in [2.45, 2.75) is 51.3 Å². The van der Waals surface area contributed by atoms with Gasteiger partial charge in [0.1, 0.15) is 11.6 Å². The number of rotatable bonds is 1. The summed E-state index contributed by atoms with van der Waals surface area (Å²) in [6.07, 6.45) is 1.28. The van der Waals surface area contributed by atoms with E-state index in [0.29, 0.717) is 12.3 Å². The van der Waals surface area contributed by atoms with Crippen LogP contribution in [0.4, 0.5) is 4.79 Å². The summed E-state index contributed by atoms with van der Waals surface area (Å²) in [4.78, 5) is 25.2. The molecule has 3 atom stereocenters. The van der Waals surface area contributed by atoms with Gasteiger partial charge in [-0.2, -0.15) is 0 Å². The molecule has 0 radical (unpaired) electrons. The number of carbonyl (C=O) groups is 2. The number of fused-ring (bicyclic) bond motifs is 1. The summed E-state index contributed by atoms with van der Waals surface area (Å²) in [6.45, 7) is 5.45. The summed E-state index contributed by atoms with van der Waals surface area (Å²) in [5.74, 6) is 0.106. The monoisotopic (exact) mass is 241 g/mol. The lowest BCUT2D eigenvalue weighted by molar-refractivity contribution is -0.146. The van der Waals surface area contributed by atoms with Crippen molar-refractivity contribution in [3.8, 4) is 0 Å². The first-order valence-electron chi connectivity index (χ1n) is 5.92. The second-order valence-electron chi connectivity index (χ2n) is 5.73. The molecule has 1 saturated carbocycles. The van der Waals surface area contributed by atoms with Crippen LogP contribution in [-0.2, 0) is 14.3 Å². The third kappa shape index (κ3) is 2.37. The average Bonchev–Trinajstić information content (AvgIpc) is 2.85. The summed E-state index contributed by atoms with van der Waals surface area (Å²) in [7, 11) is 1.35. The van der Waals surface area contributed by atoms with Crippen molar-refractivity contribution in [1.82, 2.24) is 4.90 Å². The minimum Gasteiger partial charge on any atom is -0.467 e. The van der Waals surface area contributed by atoms with Crippen molar-refractivity contribution in [2.24, 2.45) is 5.92 Å². The van der Waals surface area contributed by atoms with Gasteiger partial charge in [-0.25, -0.2) is 9.59 Å². The normalized spacial score (nSPS) is 30.8. The quantitative estimate of drug-likeness (QED) is 0.654. The summed E-state index contributed by atoms with van der Waals surface area (Å²) in [5.41, 5.74) is -0.537. The molecule has 0 aromatic heterocycles. The number of piperidine rings is 1. The number of nitrogens with zero attached hydrogens (tertiary/aromatic N) is 1. The zero-order valence-corrected chi connectivity index (χ0v) is 10.7. The van der Waals surface area contributed by atoms with Crippen LogP contribution in [0.15, 0.2) is 0 Å². The van der Waals surface area contributed by atoms with E-state index in [1.54, 1.807) is 4.90 Å². The number of esters is 1. The van der Waals surface area contributed by atoms with Crippen LogP contribution in [0, 0.1) is 5.92 Å². The SMILES string of the molecule is COC(=O)C1C[C@@H]2C[C@@H]2N1C(=O)OC(C)(C)C. The lowest BCUT2D eigenvalue weighted by Crippen LogP contribution is -2.46. The number of hydrogen-bond donors (Lipinski definition) is 0. The maximum Gasteiger partial charge on any atom is 0.411 e. The molecule has 1 saturated heterocycles. The van der Waals surface area contributed by atoms with Gasteiger partial charge >= 0.3 is 12.1 Å². The van der Waals surface area contributed by atoms with Gasteiger partial charge in [0.05, 0.1) is 7.11 Å². The first-order chi connectivity index (χ1) is 7.83. The molecule has 1 aliphatic heterocycles. The van der Waals surface area contributed by atoms with E-state index in [4.69, 9.17) is 9.47 Å². The number of methoxy groups -OCH3 is 1. The summed E-state index contributed by atoms with van der Waals surface area (Å²) in [6, 6.07) is -0.285. The average molecular weight is 241 g/mol. The number of hydrogen-bond acceptors (Lipinski definition) is 4. The van der Waals surface area contributed by atoms with Crippen molar-refractivity contribution in [3.63, 3.8) is 0 Å². The number of likely N-dealkylation sites (tertiary alicyclic amines) is 1. The van der Waals surface area contributed by atoms with Gasteiger partial charge < -0.3 is 9.47 Å². The summed E-state index contributed by atoms with van der Waals surface area (Å²) >= 11 is 0. The number of amides is 1. The topological polar surface area (TPSA) is 55.8 Å². The lowest BCUT2D eigenvalue weighted by Gasteiger charge is -2.29. The maximum absolute atomic E-state index is 12.0. The van der Waals surface area contributed by atoms with Crippen molar-refractivity contribution >= 4 is 12.1 Å². The summed E-state index contributed by atoms with van der Waals surface area (Å²) in [5, 5.41) is 0. The number of ether oxygens (including phenoxy) is 2. The molecule has 0 bridgehead atoms. The van der Waals surface area contributed by atoms with Crippen molar-refractivity contribution in [2.75, 3.05) is 7.11 Å². The molecule has 0 aromatic rings. The molecular weight excluding hydrogens is 222 g/mol. The fourth-order valence-electron chi connectivity index (χ4n) is 2.38. The highest BCUT2D eigenvalue weighted by molar-refractivity contribution is 5.83. The molecule has 2 rings (SSSR count). The lowest BCUT2D eigenvalue weighted by atomic mass is 10.2. The predicted octanol–water partition coefficient (Wildman–Crippen LogP) is 1.56. The Kier molecular flexibility index (Phi) is 2.79. The third-order valence-electron chi connectivity index (χ3n) is 3.18. The second kappa shape index (κ2) is 3.89. The molecule has 0 aromatic carbocycles. The van der Waals surface area contributed by atoms with Crippen molar-refractivity contribution in [1.29, 1.82) is 0 Å². The van der Waals surface area contributed by atoms with Crippen LogP contribution in [0.2, 0.25) is 0 Å². The number of carbonyl (C=O) groups excluding carboxylic acids is 2. The van der Waals surface area contributed by atoms with Crippen LogP contribution in [0.1, 0.15) is 33.6 Å². The molecule has 1 unspecified atom stereocenters. The molecule has 0 spiro atoms. The van der Waals surface area contributed by atoms with E-state index < -0.39 is 17.7 Å². The van der Waals surface area contributed by atoms with Crippen LogP contribution in [0.3, 0.4) is 0 Å². The highest BCUT2D eigenvalue weighted by atomic mass is 16.6. The van der Waals surface area contributed by atoms with E-state index in [0.717, 1.165) is 6.42 Å². The van der Waals surface area contributed by atoms with Crippen molar-refractivity contribution < 1.29 is 19.1 Å². The van der Waals surface area contributed by atoms with Crippen LogP contribution in [0.25, 0.3) is 0 Å². The highest BCUT2D eigenvalue weighted by Gasteiger charge is 2.57. The zero-order valence-electron chi connectivity index (χ0n) is 10.7. The van der Waals surface area contributed by atoms with Crippen LogP contribution in [0.5, 0.6) is 0 Å². The zero-order chi connectivity index (χ0) is 12.8. The molecule has 17 heavy (non-hydrogen) atoms. The third-order valence-corrected chi connectivity index (χ3v) is 3.18. The Balaban J connectivity index is 2.07. The molecule has 1 aliphatic carbocycles. The Bertz CT molecular complexity index is 347. The fraction of sp³-hybridized carbons (Fsp3) is 0.833. The van der Waals surface area contributed by atoms with E-state index >= 15 is 0 Å². The summed E-state index contributed by atoms with van der Waals surface area (Å²) < 4.78 is 10.0. The highest BCUT2D eigenvalue weighted by Crippen LogP contribution is 2.48. The molecule has 96 valence electrons. The molecule has 2 aliphatic rings. The van der Waals surface area contributed by atoms with E-state index in [1.165, 1.54) is 7.11 Å². The van der Waals surface area contributed by atoms with Gasteiger partial charge in [0.2, 0.25) is 0 Å². The maximum atomic E-state index is 12.0. The van der Waals surface area contributed by atoms with Crippen LogP contribution < -0.4 is 0 Å². The standard InChI is InChI=1S/C12H19NO4/c1-12(2,3)17-11(15)13-8-5-7(8)6-9(13)10(14)16-4/h7-9H,5-6H2,1-4H3/t7-,8-,9?/m0/s1. The second-order valence-corrected chi connectivity index (χ2v) is 5.73. The molecule has 2 fully saturated rings. The molecule has 1 heterocycles. The van der Waals surface area contributed by atoms with Gasteiger partial charge in [0.15, 0.2) is 0 Å². The van der Waals surface area contributed by atoms with Gasteiger partial charge in [-0.05, 0) is 39.5 Å². The molecule has 0 N–H and O–H groups in total. The largest absolute Gasteiger partial charge is 0.467 e. The Morgan fingerprint density at radius 2 is 1.88 bits per heavy atom. The molecular formula is C12H19NO4. The van der Waals surface area contributed by atoms with Gasteiger partial charge in [-0.15, -0.1) is 0 Å². The first kappa shape index (κ1) is 12.2. The minimum absolute atomic E-state index is 0.175. The Morgan fingerprint density at radius 1 is 1.24 bits per heavy atom. The van der Waals surface area contributed by atoms with E-state index in [2.05, 4.69) is 0 Å². The van der Waals surface area contributed by atoms with Gasteiger partial charge in [-0.1, -0.05) is 0 Å². The molecule has 5 heteroatoms. The van der Waals surface area contributed by atoms with Gasteiger partial charge in [0, 0.05) is 6.04 Å². The Labute approximate surface area is 101 Å². The van der Waals surface area contributed by atoms with Crippen LogP contribution >= 0.6 is 0 Å². The van der Waals surface area contributed by atoms with Gasteiger partial charge in [0.25, 0.3) is 0 Å². The molecule has 5 nitrogen and oxygen atoms in total. The first-order valence-corrected chi connectivity index (χ1v) is 5.92. The van der Waals surface area contributed by atoms with Crippen molar-refractivity contribution in [3.05, 3.63) is 0 Å². The Hall–Kier alpha value is -1.26. The smallest absolute Gasteiger partial charge is 0.411 e. The predicted molar refractivity (Wildman–Crippen MR) is 60.4 cm³/mol. The van der Waals surface area contributed by atoms with E-state index in [1.807, 2.05) is 20.8 Å². The van der Waals surface area contributed by atoms with E-state index in [9.17, 15) is 9.59 Å².